The highest BCUT2D eigenvalue weighted by Crippen LogP contribution is 2.06. The molecular weight excluding hydrogens is 222 g/mol. The van der Waals surface area contributed by atoms with E-state index in [0.717, 1.165) is 19.4 Å². The summed E-state index contributed by atoms with van der Waals surface area (Å²) >= 11 is 0. The first-order valence-corrected chi connectivity index (χ1v) is 7.47. The Morgan fingerprint density at radius 1 is 1.43 bits per heavy atom. The lowest BCUT2D eigenvalue weighted by Gasteiger charge is -2.23. The SMILES string of the molecule is CCCC(C)N(C)CCCS(=O)(=O)Cl. The molecule has 0 saturated heterocycles. The minimum atomic E-state index is -3.31. The van der Waals surface area contributed by atoms with Crippen LogP contribution in [0.25, 0.3) is 0 Å². The molecule has 0 aromatic heterocycles. The van der Waals surface area contributed by atoms with Crippen molar-refractivity contribution in [1.29, 1.82) is 0 Å². The lowest BCUT2D eigenvalue weighted by Crippen LogP contribution is -2.30. The van der Waals surface area contributed by atoms with Crippen LogP contribution < -0.4 is 0 Å². The normalized spacial score (nSPS) is 14.6. The summed E-state index contributed by atoms with van der Waals surface area (Å²) in [4.78, 5) is 2.17. The van der Waals surface area contributed by atoms with Crippen LogP contribution in [0.2, 0.25) is 0 Å². The van der Waals surface area contributed by atoms with Crippen LogP contribution in [0.5, 0.6) is 0 Å². The molecule has 3 nitrogen and oxygen atoms in total. The first-order chi connectivity index (χ1) is 6.37. The molecule has 0 bridgehead atoms. The lowest BCUT2D eigenvalue weighted by molar-refractivity contribution is 0.246. The zero-order valence-electron chi connectivity index (χ0n) is 9.16. The van der Waals surface area contributed by atoms with Crippen LogP contribution in [0.4, 0.5) is 0 Å². The van der Waals surface area contributed by atoms with Crippen LogP contribution in [0.15, 0.2) is 0 Å². The molecule has 0 aliphatic carbocycles. The van der Waals surface area contributed by atoms with Crippen molar-refractivity contribution in [2.45, 2.75) is 39.2 Å². The molecule has 5 heteroatoms. The highest BCUT2D eigenvalue weighted by Gasteiger charge is 2.10. The molecule has 86 valence electrons. The van der Waals surface area contributed by atoms with Gasteiger partial charge in [0.05, 0.1) is 5.75 Å². The highest BCUT2D eigenvalue weighted by molar-refractivity contribution is 8.13. The molecule has 0 radical (unpaired) electrons. The third kappa shape index (κ3) is 7.59. The number of hydrogen-bond donors (Lipinski definition) is 0. The van der Waals surface area contributed by atoms with E-state index in [1.807, 2.05) is 7.05 Å². The largest absolute Gasteiger partial charge is 0.304 e. The molecule has 0 N–H and O–H groups in total. The zero-order valence-corrected chi connectivity index (χ0v) is 10.7. The molecule has 1 unspecified atom stereocenters. The van der Waals surface area contributed by atoms with Crippen LogP contribution in [0.3, 0.4) is 0 Å². The topological polar surface area (TPSA) is 37.4 Å². The fourth-order valence-corrected chi connectivity index (χ4v) is 2.15. The van der Waals surface area contributed by atoms with Gasteiger partial charge in [0.15, 0.2) is 0 Å². The van der Waals surface area contributed by atoms with Crippen LogP contribution >= 0.6 is 10.7 Å². The standard InChI is InChI=1S/C9H20ClNO2S/c1-4-6-9(2)11(3)7-5-8-14(10,12)13/h9H,4-8H2,1-3H3. The van der Waals surface area contributed by atoms with Gasteiger partial charge in [-0.05, 0) is 33.4 Å². The van der Waals surface area contributed by atoms with Gasteiger partial charge < -0.3 is 4.90 Å². The van der Waals surface area contributed by atoms with E-state index in [1.54, 1.807) is 0 Å². The van der Waals surface area contributed by atoms with Gasteiger partial charge in [-0.3, -0.25) is 0 Å². The van der Waals surface area contributed by atoms with Crippen molar-refractivity contribution in [2.75, 3.05) is 19.3 Å². The summed E-state index contributed by atoms with van der Waals surface area (Å²) in [6.07, 6.45) is 2.90. The maximum atomic E-state index is 10.7. The van der Waals surface area contributed by atoms with Gasteiger partial charge in [-0.1, -0.05) is 13.3 Å². The molecule has 0 heterocycles. The van der Waals surface area contributed by atoms with Gasteiger partial charge in [0.1, 0.15) is 0 Å². The van der Waals surface area contributed by atoms with E-state index in [-0.39, 0.29) is 5.75 Å². The molecule has 0 aliphatic rings. The van der Waals surface area contributed by atoms with E-state index in [1.165, 1.54) is 0 Å². The monoisotopic (exact) mass is 241 g/mol. The Bertz CT molecular complexity index is 241. The van der Waals surface area contributed by atoms with Gasteiger partial charge in [0, 0.05) is 16.7 Å². The maximum Gasteiger partial charge on any atom is 0.232 e. The molecule has 0 aromatic carbocycles. The number of rotatable bonds is 7. The van der Waals surface area contributed by atoms with Crippen LogP contribution in [0, 0.1) is 0 Å². The third-order valence-electron chi connectivity index (χ3n) is 2.36. The first kappa shape index (κ1) is 14.2. The summed E-state index contributed by atoms with van der Waals surface area (Å²) in [6.45, 7) is 5.08. The van der Waals surface area contributed by atoms with E-state index in [2.05, 4.69) is 18.7 Å². The van der Waals surface area contributed by atoms with Gasteiger partial charge in [-0.25, -0.2) is 8.42 Å². The van der Waals surface area contributed by atoms with Crippen molar-refractivity contribution in [3.8, 4) is 0 Å². The molecule has 0 amide bonds. The Morgan fingerprint density at radius 3 is 2.43 bits per heavy atom. The van der Waals surface area contributed by atoms with E-state index in [9.17, 15) is 8.42 Å². The highest BCUT2D eigenvalue weighted by atomic mass is 35.7. The van der Waals surface area contributed by atoms with Crippen molar-refractivity contribution in [1.82, 2.24) is 4.90 Å². The predicted molar refractivity (Wildman–Crippen MR) is 61.3 cm³/mol. The molecule has 14 heavy (non-hydrogen) atoms. The number of halogens is 1. The summed E-state index contributed by atoms with van der Waals surface area (Å²) in [5.74, 6) is 0.0672. The third-order valence-corrected chi connectivity index (χ3v) is 3.60. The van der Waals surface area contributed by atoms with Crippen molar-refractivity contribution < 1.29 is 8.42 Å². The van der Waals surface area contributed by atoms with Crippen molar-refractivity contribution in [3.63, 3.8) is 0 Å². The Labute approximate surface area is 91.9 Å². The summed E-state index contributed by atoms with van der Waals surface area (Å²) in [7, 11) is 3.81. The van der Waals surface area contributed by atoms with Crippen LogP contribution in [-0.4, -0.2) is 38.7 Å². The fraction of sp³-hybridized carbons (Fsp3) is 1.00. The molecule has 0 aliphatic heterocycles. The Kier molecular flexibility index (Phi) is 6.74. The van der Waals surface area contributed by atoms with Gasteiger partial charge >= 0.3 is 0 Å². The molecule has 0 spiro atoms. The summed E-state index contributed by atoms with van der Waals surface area (Å²) in [5, 5.41) is 0. The van der Waals surface area contributed by atoms with Crippen LogP contribution in [-0.2, 0) is 9.05 Å². The van der Waals surface area contributed by atoms with E-state index >= 15 is 0 Å². The average Bonchev–Trinajstić information content (AvgIpc) is 2.02. The molecule has 1 atom stereocenters. The lowest BCUT2D eigenvalue weighted by atomic mass is 10.2. The average molecular weight is 242 g/mol. The van der Waals surface area contributed by atoms with Crippen LogP contribution in [0.1, 0.15) is 33.1 Å². The summed E-state index contributed by atoms with van der Waals surface area (Å²) < 4.78 is 21.3. The van der Waals surface area contributed by atoms with E-state index < -0.39 is 9.05 Å². The van der Waals surface area contributed by atoms with Gasteiger partial charge in [0.2, 0.25) is 9.05 Å². The maximum absolute atomic E-state index is 10.7. The second kappa shape index (κ2) is 6.64. The quantitative estimate of drug-likeness (QED) is 0.641. The first-order valence-electron chi connectivity index (χ1n) is 4.99. The zero-order chi connectivity index (χ0) is 11.2. The Balaban J connectivity index is 3.68. The molecule has 0 rings (SSSR count). The number of nitrogens with zero attached hydrogens (tertiary/aromatic N) is 1. The Morgan fingerprint density at radius 2 is 2.00 bits per heavy atom. The second-order valence-corrected chi connectivity index (χ2v) is 6.61. The van der Waals surface area contributed by atoms with E-state index in [0.29, 0.717) is 12.5 Å². The minimum absolute atomic E-state index is 0.0672. The van der Waals surface area contributed by atoms with Crippen molar-refractivity contribution >= 4 is 19.7 Å². The van der Waals surface area contributed by atoms with Gasteiger partial charge in [0.25, 0.3) is 0 Å². The van der Waals surface area contributed by atoms with E-state index in [4.69, 9.17) is 10.7 Å². The van der Waals surface area contributed by atoms with Gasteiger partial charge in [-0.2, -0.15) is 0 Å². The fourth-order valence-electron chi connectivity index (χ4n) is 1.34. The minimum Gasteiger partial charge on any atom is -0.304 e. The number of hydrogen-bond acceptors (Lipinski definition) is 3. The van der Waals surface area contributed by atoms with Crippen molar-refractivity contribution in [2.24, 2.45) is 0 Å². The summed E-state index contributed by atoms with van der Waals surface area (Å²) in [6, 6.07) is 0.512. The Hall–Kier alpha value is 0.200. The predicted octanol–water partition coefficient (Wildman–Crippen LogP) is 2.07. The molecule has 0 saturated carbocycles. The summed E-state index contributed by atoms with van der Waals surface area (Å²) in [5.41, 5.74) is 0. The van der Waals surface area contributed by atoms with Crippen molar-refractivity contribution in [3.05, 3.63) is 0 Å². The molecular formula is C9H20ClNO2S. The molecule has 0 aromatic rings. The smallest absolute Gasteiger partial charge is 0.232 e. The van der Waals surface area contributed by atoms with Gasteiger partial charge in [-0.15, -0.1) is 0 Å². The second-order valence-electron chi connectivity index (χ2n) is 3.71. The molecule has 0 fully saturated rings.